The summed E-state index contributed by atoms with van der Waals surface area (Å²) >= 11 is 1.18. The van der Waals surface area contributed by atoms with Gasteiger partial charge in [-0.15, -0.1) is 10.2 Å². The first-order valence-electron chi connectivity index (χ1n) is 8.80. The molecule has 1 N–H and O–H groups in total. The number of amides is 1. The second-order valence-electron chi connectivity index (χ2n) is 6.24. The third-order valence-electron chi connectivity index (χ3n) is 4.27. The first kappa shape index (κ1) is 18.4. The van der Waals surface area contributed by atoms with Crippen LogP contribution in [0.1, 0.15) is 24.3 Å². The minimum absolute atomic E-state index is 0.133. The van der Waals surface area contributed by atoms with Crippen LogP contribution in [0.4, 0.5) is 0 Å². The number of hydrogen-bond donors (Lipinski definition) is 1. The molecule has 4 rings (SSSR count). The number of ether oxygens (including phenoxy) is 2. The number of hydrogen-bond acceptors (Lipinski definition) is 8. The van der Waals surface area contributed by atoms with Gasteiger partial charge in [0.05, 0.1) is 23.6 Å². The Balaban J connectivity index is 1.32. The van der Waals surface area contributed by atoms with Gasteiger partial charge in [0.1, 0.15) is 19.0 Å². The summed E-state index contributed by atoms with van der Waals surface area (Å²) in [5.41, 5.74) is 1.69. The van der Waals surface area contributed by atoms with E-state index in [0.29, 0.717) is 35.8 Å². The number of nitrogens with zero attached hydrogens (tertiary/aromatic N) is 2. The lowest BCUT2D eigenvalue weighted by molar-refractivity contribution is -0.119. The van der Waals surface area contributed by atoms with Gasteiger partial charge in [-0.1, -0.05) is 17.8 Å². The average molecular weight is 401 g/mol. The van der Waals surface area contributed by atoms with Crippen molar-refractivity contribution in [1.82, 2.24) is 15.5 Å². The second kappa shape index (κ2) is 7.97. The van der Waals surface area contributed by atoms with Gasteiger partial charge in [0, 0.05) is 0 Å². The maximum Gasteiger partial charge on any atom is 0.277 e. The molecule has 1 aliphatic rings. The van der Waals surface area contributed by atoms with Gasteiger partial charge >= 0.3 is 0 Å². The van der Waals surface area contributed by atoms with Crippen molar-refractivity contribution in [2.75, 3.05) is 19.0 Å². The van der Waals surface area contributed by atoms with Gasteiger partial charge < -0.3 is 23.6 Å². The standard InChI is InChI=1S/C19H19N3O5S/c1-11(13-3-4-15-16(9-13)26-8-7-25-15)20-17(23)10-28-19-22-21-18(27-19)14-5-6-24-12(14)2/h3-6,9,11H,7-8,10H2,1-2H3,(H,20,23)/t11-/m1/s1. The number of thioether (sulfide) groups is 1. The Labute approximate surface area is 165 Å². The van der Waals surface area contributed by atoms with Crippen LogP contribution in [0.5, 0.6) is 11.5 Å². The Morgan fingerprint density at radius 1 is 1.21 bits per heavy atom. The van der Waals surface area contributed by atoms with Crippen LogP contribution in [0.15, 0.2) is 44.6 Å². The van der Waals surface area contributed by atoms with Gasteiger partial charge in [-0.05, 0) is 37.6 Å². The lowest BCUT2D eigenvalue weighted by atomic mass is 10.1. The maximum atomic E-state index is 12.3. The Bertz CT molecular complexity index is 984. The minimum Gasteiger partial charge on any atom is -0.486 e. The van der Waals surface area contributed by atoms with E-state index in [2.05, 4.69) is 15.5 Å². The van der Waals surface area contributed by atoms with E-state index in [-0.39, 0.29) is 17.7 Å². The van der Waals surface area contributed by atoms with Crippen molar-refractivity contribution < 1.29 is 23.1 Å². The lowest BCUT2D eigenvalue weighted by Crippen LogP contribution is -2.28. The first-order chi connectivity index (χ1) is 13.6. The summed E-state index contributed by atoms with van der Waals surface area (Å²) in [5.74, 6) is 2.54. The SMILES string of the molecule is Cc1occc1-c1nnc(SCC(=O)N[C@H](C)c2ccc3c(c2)OCCO3)o1. The van der Waals surface area contributed by atoms with Crippen LogP contribution < -0.4 is 14.8 Å². The number of nitrogens with one attached hydrogen (secondary N) is 1. The predicted molar refractivity (Wildman–Crippen MR) is 101 cm³/mol. The molecule has 2 aromatic heterocycles. The lowest BCUT2D eigenvalue weighted by Gasteiger charge is -2.21. The highest BCUT2D eigenvalue weighted by Gasteiger charge is 2.17. The van der Waals surface area contributed by atoms with E-state index in [1.807, 2.05) is 32.0 Å². The Hall–Kier alpha value is -2.94. The van der Waals surface area contributed by atoms with Gasteiger partial charge in [-0.2, -0.15) is 0 Å². The summed E-state index contributed by atoms with van der Waals surface area (Å²) in [6, 6.07) is 7.27. The van der Waals surface area contributed by atoms with Crippen LogP contribution in [0.3, 0.4) is 0 Å². The molecular formula is C19H19N3O5S. The summed E-state index contributed by atoms with van der Waals surface area (Å²) in [6.45, 7) is 4.81. The molecule has 3 heterocycles. The van der Waals surface area contributed by atoms with Crippen molar-refractivity contribution in [2.24, 2.45) is 0 Å². The van der Waals surface area contributed by atoms with Crippen molar-refractivity contribution in [2.45, 2.75) is 25.1 Å². The number of carbonyl (C=O) groups excluding carboxylic acids is 1. The van der Waals surface area contributed by atoms with Crippen LogP contribution in [0.2, 0.25) is 0 Å². The zero-order valence-corrected chi connectivity index (χ0v) is 16.2. The van der Waals surface area contributed by atoms with Crippen molar-refractivity contribution in [3.05, 3.63) is 41.9 Å². The van der Waals surface area contributed by atoms with Crippen LogP contribution in [0.25, 0.3) is 11.5 Å². The van der Waals surface area contributed by atoms with Crippen LogP contribution in [-0.4, -0.2) is 35.1 Å². The third-order valence-corrected chi connectivity index (χ3v) is 5.08. The number of benzene rings is 1. The van der Waals surface area contributed by atoms with Crippen LogP contribution in [0, 0.1) is 6.92 Å². The summed E-state index contributed by atoms with van der Waals surface area (Å²) < 4.78 is 21.9. The van der Waals surface area contributed by atoms with Crippen LogP contribution in [-0.2, 0) is 4.79 Å². The number of fused-ring (bicyclic) bond motifs is 1. The van der Waals surface area contributed by atoms with E-state index < -0.39 is 0 Å². The Morgan fingerprint density at radius 3 is 2.82 bits per heavy atom. The van der Waals surface area contributed by atoms with Crippen molar-refractivity contribution in [3.8, 4) is 23.0 Å². The molecule has 0 unspecified atom stereocenters. The fraction of sp³-hybridized carbons (Fsp3) is 0.316. The van der Waals surface area contributed by atoms with Gasteiger partial charge in [0.2, 0.25) is 5.91 Å². The smallest absolute Gasteiger partial charge is 0.277 e. The molecule has 1 aromatic carbocycles. The molecule has 0 saturated carbocycles. The Kier molecular flexibility index (Phi) is 5.25. The molecule has 0 spiro atoms. The molecular weight excluding hydrogens is 382 g/mol. The summed E-state index contributed by atoms with van der Waals surface area (Å²) in [7, 11) is 0. The van der Waals surface area contributed by atoms with Gasteiger partial charge in [-0.3, -0.25) is 4.79 Å². The zero-order valence-electron chi connectivity index (χ0n) is 15.4. The fourth-order valence-electron chi connectivity index (χ4n) is 2.81. The zero-order chi connectivity index (χ0) is 19.5. The molecule has 0 saturated heterocycles. The largest absolute Gasteiger partial charge is 0.486 e. The summed E-state index contributed by atoms with van der Waals surface area (Å²) in [4.78, 5) is 12.3. The van der Waals surface area contributed by atoms with E-state index in [1.165, 1.54) is 11.8 Å². The number of aryl methyl sites for hydroxylation is 1. The minimum atomic E-state index is -0.171. The number of rotatable bonds is 6. The molecule has 1 atom stereocenters. The van der Waals surface area contributed by atoms with Crippen molar-refractivity contribution in [1.29, 1.82) is 0 Å². The maximum absolute atomic E-state index is 12.3. The molecule has 0 bridgehead atoms. The Morgan fingerprint density at radius 2 is 2.04 bits per heavy atom. The number of carbonyl (C=O) groups is 1. The molecule has 1 amide bonds. The summed E-state index contributed by atoms with van der Waals surface area (Å²) in [5, 5.41) is 11.2. The van der Waals surface area contributed by atoms with Gasteiger partial charge in [-0.25, -0.2) is 0 Å². The quantitative estimate of drug-likeness (QED) is 0.628. The van der Waals surface area contributed by atoms with Gasteiger partial charge in [0.15, 0.2) is 11.5 Å². The average Bonchev–Trinajstić information content (AvgIpc) is 3.34. The monoisotopic (exact) mass is 401 g/mol. The molecule has 0 fully saturated rings. The van der Waals surface area contributed by atoms with E-state index in [4.69, 9.17) is 18.3 Å². The molecule has 3 aromatic rings. The van der Waals surface area contributed by atoms with Crippen LogP contribution >= 0.6 is 11.8 Å². The molecule has 28 heavy (non-hydrogen) atoms. The summed E-state index contributed by atoms with van der Waals surface area (Å²) in [6.07, 6.45) is 1.56. The fourth-order valence-corrected chi connectivity index (χ4v) is 3.38. The molecule has 9 heteroatoms. The normalized spacial score (nSPS) is 13.9. The molecule has 146 valence electrons. The third kappa shape index (κ3) is 3.99. The molecule has 1 aliphatic heterocycles. The highest BCUT2D eigenvalue weighted by Crippen LogP contribution is 2.32. The topological polar surface area (TPSA) is 99.6 Å². The highest BCUT2D eigenvalue weighted by atomic mass is 32.2. The molecule has 8 nitrogen and oxygen atoms in total. The highest BCUT2D eigenvalue weighted by molar-refractivity contribution is 7.99. The van der Waals surface area contributed by atoms with E-state index in [9.17, 15) is 4.79 Å². The van der Waals surface area contributed by atoms with E-state index >= 15 is 0 Å². The number of aromatic nitrogens is 2. The molecule has 0 aliphatic carbocycles. The first-order valence-corrected chi connectivity index (χ1v) is 9.78. The van der Waals surface area contributed by atoms with Gasteiger partial charge in [0.25, 0.3) is 11.1 Å². The number of furan rings is 1. The predicted octanol–water partition coefficient (Wildman–Crippen LogP) is 3.38. The van der Waals surface area contributed by atoms with Crippen molar-refractivity contribution >= 4 is 17.7 Å². The van der Waals surface area contributed by atoms with Crippen molar-refractivity contribution in [3.63, 3.8) is 0 Å². The van der Waals surface area contributed by atoms with E-state index in [1.54, 1.807) is 12.3 Å². The van der Waals surface area contributed by atoms with E-state index in [0.717, 1.165) is 16.9 Å². The second-order valence-corrected chi connectivity index (χ2v) is 7.17. The molecule has 0 radical (unpaired) electrons.